The highest BCUT2D eigenvalue weighted by molar-refractivity contribution is 7.89. The van der Waals surface area contributed by atoms with Gasteiger partial charge in [0, 0.05) is 33.7 Å². The molecule has 0 bridgehead atoms. The number of carboxylic acids is 1. The van der Waals surface area contributed by atoms with E-state index < -0.39 is 27.9 Å². The first-order chi connectivity index (χ1) is 9.63. The maximum Gasteiger partial charge on any atom is 0.317 e. The molecule has 0 aromatic rings. The van der Waals surface area contributed by atoms with Crippen molar-refractivity contribution in [2.24, 2.45) is 11.8 Å². The molecule has 2 atom stereocenters. The monoisotopic (exact) mass is 321 g/mol. The average molecular weight is 321 g/mol. The van der Waals surface area contributed by atoms with Crippen LogP contribution in [-0.2, 0) is 14.8 Å². The molecule has 2 unspecified atom stereocenters. The van der Waals surface area contributed by atoms with E-state index >= 15 is 0 Å². The summed E-state index contributed by atoms with van der Waals surface area (Å²) in [5.74, 6) is -1.55. The van der Waals surface area contributed by atoms with Crippen molar-refractivity contribution in [3.8, 4) is 0 Å². The Hall–Kier alpha value is -1.35. The first-order valence-electron chi connectivity index (χ1n) is 6.79. The van der Waals surface area contributed by atoms with Crippen molar-refractivity contribution in [3.05, 3.63) is 0 Å². The number of carbonyl (C=O) groups is 2. The van der Waals surface area contributed by atoms with E-state index in [4.69, 9.17) is 5.11 Å². The minimum Gasteiger partial charge on any atom is -0.481 e. The van der Waals surface area contributed by atoms with Crippen LogP contribution in [0.5, 0.6) is 0 Å². The van der Waals surface area contributed by atoms with Gasteiger partial charge in [-0.2, -0.15) is 0 Å². The molecule has 1 rings (SSSR count). The molecule has 1 saturated heterocycles. The molecule has 0 aliphatic carbocycles. The van der Waals surface area contributed by atoms with Gasteiger partial charge in [0.15, 0.2) is 0 Å². The molecule has 2 amide bonds. The van der Waals surface area contributed by atoms with Crippen molar-refractivity contribution in [3.63, 3.8) is 0 Å². The Morgan fingerprint density at radius 2 is 1.95 bits per heavy atom. The summed E-state index contributed by atoms with van der Waals surface area (Å²) in [6.45, 7) is 2.54. The highest BCUT2D eigenvalue weighted by Crippen LogP contribution is 2.21. The number of carboxylic acid groups (broad SMARTS) is 1. The zero-order chi connectivity index (χ0) is 16.2. The normalized spacial score (nSPS) is 23.1. The van der Waals surface area contributed by atoms with Crippen molar-refractivity contribution >= 4 is 22.0 Å². The maximum absolute atomic E-state index is 12.0. The molecule has 0 aromatic heterocycles. The van der Waals surface area contributed by atoms with E-state index in [0.717, 1.165) is 4.31 Å². The number of likely N-dealkylation sites (tertiary alicyclic amines) is 1. The second-order valence-electron chi connectivity index (χ2n) is 5.61. The molecular weight excluding hydrogens is 298 g/mol. The summed E-state index contributed by atoms with van der Waals surface area (Å²) in [6, 6.07) is -0.415. The van der Waals surface area contributed by atoms with Crippen molar-refractivity contribution in [2.45, 2.75) is 13.3 Å². The van der Waals surface area contributed by atoms with Crippen molar-refractivity contribution in [1.82, 2.24) is 14.5 Å². The van der Waals surface area contributed by atoms with Crippen molar-refractivity contribution < 1.29 is 23.1 Å². The fraction of sp³-hybridized carbons (Fsp3) is 0.833. The first kappa shape index (κ1) is 17.7. The van der Waals surface area contributed by atoms with Gasteiger partial charge in [-0.25, -0.2) is 17.5 Å². The van der Waals surface area contributed by atoms with Crippen LogP contribution in [-0.4, -0.2) is 74.2 Å². The summed E-state index contributed by atoms with van der Waals surface area (Å²) in [7, 11) is -0.491. The molecule has 1 aliphatic rings. The molecular formula is C12H23N3O5S. The number of aliphatic carboxylic acids is 1. The van der Waals surface area contributed by atoms with Crippen LogP contribution in [0.4, 0.5) is 4.79 Å². The number of piperidine rings is 1. The minimum atomic E-state index is -3.35. The second-order valence-corrected chi connectivity index (χ2v) is 7.91. The van der Waals surface area contributed by atoms with Gasteiger partial charge in [0.2, 0.25) is 10.0 Å². The van der Waals surface area contributed by atoms with E-state index in [-0.39, 0.29) is 24.8 Å². The van der Waals surface area contributed by atoms with Gasteiger partial charge < -0.3 is 15.3 Å². The number of nitrogens with one attached hydrogen (secondary N) is 1. The molecule has 21 heavy (non-hydrogen) atoms. The van der Waals surface area contributed by atoms with Crippen molar-refractivity contribution in [1.29, 1.82) is 0 Å². The fourth-order valence-corrected chi connectivity index (χ4v) is 3.00. The Morgan fingerprint density at radius 3 is 2.48 bits per heavy atom. The largest absolute Gasteiger partial charge is 0.481 e. The predicted molar refractivity (Wildman–Crippen MR) is 77.4 cm³/mol. The molecule has 1 aliphatic heterocycles. The quantitative estimate of drug-likeness (QED) is 0.718. The average Bonchev–Trinajstić information content (AvgIpc) is 2.37. The Bertz CT molecular complexity index is 491. The zero-order valence-corrected chi connectivity index (χ0v) is 13.4. The van der Waals surface area contributed by atoms with E-state index in [2.05, 4.69) is 5.32 Å². The highest BCUT2D eigenvalue weighted by atomic mass is 32.2. The van der Waals surface area contributed by atoms with Crippen LogP contribution in [0.2, 0.25) is 0 Å². The number of urea groups is 1. The molecule has 1 heterocycles. The second kappa shape index (κ2) is 7.08. The van der Waals surface area contributed by atoms with Gasteiger partial charge in [0.25, 0.3) is 0 Å². The molecule has 0 saturated carbocycles. The van der Waals surface area contributed by atoms with E-state index in [1.54, 1.807) is 0 Å². The number of carbonyl (C=O) groups excluding carboxylic acids is 1. The molecule has 0 spiro atoms. The van der Waals surface area contributed by atoms with Crippen LogP contribution in [0.3, 0.4) is 0 Å². The predicted octanol–water partition coefficient (Wildman–Crippen LogP) is -0.370. The number of sulfonamides is 1. The summed E-state index contributed by atoms with van der Waals surface area (Å²) in [5, 5.41) is 11.6. The summed E-state index contributed by atoms with van der Waals surface area (Å²) >= 11 is 0. The van der Waals surface area contributed by atoms with Gasteiger partial charge >= 0.3 is 12.0 Å². The van der Waals surface area contributed by atoms with Gasteiger partial charge in [-0.15, -0.1) is 0 Å². The topological polar surface area (TPSA) is 107 Å². The Balaban J connectivity index is 2.50. The fourth-order valence-electron chi connectivity index (χ4n) is 2.28. The first-order valence-corrected chi connectivity index (χ1v) is 8.40. The van der Waals surface area contributed by atoms with Gasteiger partial charge in [-0.05, 0) is 12.3 Å². The number of hydrogen-bond donors (Lipinski definition) is 2. The molecule has 2 N–H and O–H groups in total. The summed E-state index contributed by atoms with van der Waals surface area (Å²) in [6.07, 6.45) is 0.550. The highest BCUT2D eigenvalue weighted by Gasteiger charge is 2.31. The number of hydrogen-bond acceptors (Lipinski definition) is 4. The van der Waals surface area contributed by atoms with Gasteiger partial charge in [-0.1, -0.05) is 6.92 Å². The molecule has 0 aromatic carbocycles. The summed E-state index contributed by atoms with van der Waals surface area (Å²) in [4.78, 5) is 24.5. The zero-order valence-electron chi connectivity index (χ0n) is 12.6. The van der Waals surface area contributed by atoms with E-state index in [0.29, 0.717) is 13.0 Å². The maximum atomic E-state index is 12.0. The molecule has 122 valence electrons. The Kier molecular flexibility index (Phi) is 5.97. The van der Waals surface area contributed by atoms with E-state index in [1.165, 1.54) is 19.0 Å². The van der Waals surface area contributed by atoms with Crippen LogP contribution < -0.4 is 5.32 Å². The van der Waals surface area contributed by atoms with Crippen LogP contribution in [0.1, 0.15) is 13.3 Å². The van der Waals surface area contributed by atoms with Crippen LogP contribution in [0.25, 0.3) is 0 Å². The van der Waals surface area contributed by atoms with Crippen LogP contribution in [0, 0.1) is 11.8 Å². The third-order valence-corrected chi connectivity index (χ3v) is 5.32. The molecule has 8 nitrogen and oxygen atoms in total. The molecule has 9 heteroatoms. The standard InChI is InChI=1S/C12H23N3O5S/c1-9-6-10(11(16)17)8-15(7-9)12(18)13-4-5-21(19,20)14(2)3/h9-10H,4-8H2,1-3H3,(H,13,18)(H,16,17). The van der Waals surface area contributed by atoms with Gasteiger partial charge in [0.05, 0.1) is 11.7 Å². The third-order valence-electron chi connectivity index (χ3n) is 3.49. The van der Waals surface area contributed by atoms with Gasteiger partial charge in [-0.3, -0.25) is 4.79 Å². The summed E-state index contributed by atoms with van der Waals surface area (Å²) < 4.78 is 24.2. The smallest absolute Gasteiger partial charge is 0.317 e. The number of rotatable bonds is 5. The SMILES string of the molecule is CC1CC(C(=O)O)CN(C(=O)NCCS(=O)(=O)N(C)C)C1. The van der Waals surface area contributed by atoms with Crippen LogP contribution >= 0.6 is 0 Å². The van der Waals surface area contributed by atoms with Crippen molar-refractivity contribution in [2.75, 3.05) is 39.5 Å². The lowest BCUT2D eigenvalue weighted by Crippen LogP contribution is -2.50. The lowest BCUT2D eigenvalue weighted by atomic mass is 9.91. The summed E-state index contributed by atoms with van der Waals surface area (Å²) in [5.41, 5.74) is 0. The molecule has 1 fully saturated rings. The lowest BCUT2D eigenvalue weighted by Gasteiger charge is -2.34. The van der Waals surface area contributed by atoms with E-state index in [1.807, 2.05) is 6.92 Å². The molecule has 0 radical (unpaired) electrons. The Morgan fingerprint density at radius 1 is 1.33 bits per heavy atom. The third kappa shape index (κ3) is 5.16. The Labute approximate surface area is 125 Å². The van der Waals surface area contributed by atoms with E-state index in [9.17, 15) is 18.0 Å². The minimum absolute atomic E-state index is 0.00195. The van der Waals surface area contributed by atoms with Gasteiger partial charge in [0.1, 0.15) is 0 Å². The van der Waals surface area contributed by atoms with Crippen LogP contribution in [0.15, 0.2) is 0 Å². The number of amides is 2. The lowest BCUT2D eigenvalue weighted by molar-refractivity contribution is -0.143. The number of nitrogens with zero attached hydrogens (tertiary/aromatic N) is 2.